The lowest BCUT2D eigenvalue weighted by Gasteiger charge is -2.04. The second kappa shape index (κ2) is 5.61. The average molecular weight is 287 g/mol. The Morgan fingerprint density at radius 3 is 3.14 bits per heavy atom. The standard InChI is InChI=1S/C13H13N5O3/c1-2-21-13-11-17-16-10(18(11)5-4-14-13)7-15-12(19)9-3-6-20-8-9/h3-6,8H,2,7H2,1H3,(H,15,19). The molecule has 8 heteroatoms. The summed E-state index contributed by atoms with van der Waals surface area (Å²) >= 11 is 0. The number of hydrogen-bond acceptors (Lipinski definition) is 6. The third-order valence-corrected chi connectivity index (χ3v) is 2.84. The molecule has 0 aliphatic carbocycles. The Labute approximate surface area is 119 Å². The summed E-state index contributed by atoms with van der Waals surface area (Å²) in [5, 5.41) is 10.8. The Hall–Kier alpha value is -2.90. The van der Waals surface area contributed by atoms with E-state index < -0.39 is 0 Å². The van der Waals surface area contributed by atoms with Crippen molar-refractivity contribution in [3.63, 3.8) is 0 Å². The molecule has 3 heterocycles. The molecule has 0 bridgehead atoms. The maximum Gasteiger partial charge on any atom is 0.260 e. The first-order valence-corrected chi connectivity index (χ1v) is 6.41. The van der Waals surface area contributed by atoms with Crippen LogP contribution in [0.15, 0.2) is 35.4 Å². The lowest BCUT2D eigenvalue weighted by molar-refractivity contribution is 0.0949. The zero-order valence-corrected chi connectivity index (χ0v) is 11.3. The molecule has 0 aliphatic rings. The predicted molar refractivity (Wildman–Crippen MR) is 71.8 cm³/mol. The molecule has 0 radical (unpaired) electrons. The van der Waals surface area contributed by atoms with Crippen LogP contribution in [0.25, 0.3) is 5.65 Å². The number of nitrogens with one attached hydrogen (secondary N) is 1. The van der Waals surface area contributed by atoms with Crippen molar-refractivity contribution in [2.24, 2.45) is 0 Å². The quantitative estimate of drug-likeness (QED) is 0.753. The normalized spacial score (nSPS) is 10.7. The van der Waals surface area contributed by atoms with Crippen molar-refractivity contribution < 1.29 is 13.9 Å². The summed E-state index contributed by atoms with van der Waals surface area (Å²) in [6.07, 6.45) is 6.15. The Balaban J connectivity index is 1.79. The van der Waals surface area contributed by atoms with Gasteiger partial charge in [-0.05, 0) is 13.0 Å². The van der Waals surface area contributed by atoms with Crippen LogP contribution >= 0.6 is 0 Å². The summed E-state index contributed by atoms with van der Waals surface area (Å²) in [7, 11) is 0. The van der Waals surface area contributed by atoms with Gasteiger partial charge in [-0.2, -0.15) is 0 Å². The van der Waals surface area contributed by atoms with Crippen molar-refractivity contribution >= 4 is 11.6 Å². The Morgan fingerprint density at radius 2 is 2.38 bits per heavy atom. The van der Waals surface area contributed by atoms with E-state index in [-0.39, 0.29) is 12.5 Å². The molecular formula is C13H13N5O3. The van der Waals surface area contributed by atoms with E-state index in [0.29, 0.717) is 29.5 Å². The van der Waals surface area contributed by atoms with Gasteiger partial charge in [0.05, 0.1) is 25.0 Å². The maximum atomic E-state index is 11.8. The molecule has 21 heavy (non-hydrogen) atoms. The fourth-order valence-electron chi connectivity index (χ4n) is 1.87. The van der Waals surface area contributed by atoms with Crippen LogP contribution in [0.2, 0.25) is 0 Å². The molecule has 0 aliphatic heterocycles. The first-order valence-electron chi connectivity index (χ1n) is 6.41. The smallest absolute Gasteiger partial charge is 0.260 e. The van der Waals surface area contributed by atoms with Crippen molar-refractivity contribution in [1.29, 1.82) is 0 Å². The summed E-state index contributed by atoms with van der Waals surface area (Å²) in [6.45, 7) is 2.60. The molecule has 0 saturated heterocycles. The second-order valence-electron chi connectivity index (χ2n) is 4.17. The highest BCUT2D eigenvalue weighted by molar-refractivity contribution is 5.93. The molecule has 0 unspecified atom stereocenters. The van der Waals surface area contributed by atoms with E-state index in [1.165, 1.54) is 12.5 Å². The van der Waals surface area contributed by atoms with Gasteiger partial charge in [0, 0.05) is 12.4 Å². The third kappa shape index (κ3) is 2.55. The minimum Gasteiger partial charge on any atom is -0.475 e. The fraction of sp³-hybridized carbons (Fsp3) is 0.231. The lowest BCUT2D eigenvalue weighted by Crippen LogP contribution is -2.23. The number of carbonyl (C=O) groups is 1. The number of rotatable bonds is 5. The zero-order chi connectivity index (χ0) is 14.7. The number of furan rings is 1. The highest BCUT2D eigenvalue weighted by atomic mass is 16.5. The highest BCUT2D eigenvalue weighted by Crippen LogP contribution is 2.14. The van der Waals surface area contributed by atoms with E-state index >= 15 is 0 Å². The fourth-order valence-corrected chi connectivity index (χ4v) is 1.87. The van der Waals surface area contributed by atoms with Gasteiger partial charge in [0.15, 0.2) is 5.82 Å². The van der Waals surface area contributed by atoms with Crippen molar-refractivity contribution in [3.05, 3.63) is 42.4 Å². The molecule has 0 aromatic carbocycles. The zero-order valence-electron chi connectivity index (χ0n) is 11.3. The molecular weight excluding hydrogens is 274 g/mol. The van der Waals surface area contributed by atoms with E-state index in [0.717, 1.165) is 0 Å². The van der Waals surface area contributed by atoms with Gasteiger partial charge in [-0.1, -0.05) is 0 Å². The van der Waals surface area contributed by atoms with Gasteiger partial charge in [-0.25, -0.2) is 4.98 Å². The van der Waals surface area contributed by atoms with Gasteiger partial charge in [-0.3, -0.25) is 9.20 Å². The topological polar surface area (TPSA) is 94.6 Å². The molecule has 8 nitrogen and oxygen atoms in total. The van der Waals surface area contributed by atoms with E-state index in [1.807, 2.05) is 6.92 Å². The third-order valence-electron chi connectivity index (χ3n) is 2.84. The van der Waals surface area contributed by atoms with Gasteiger partial charge in [0.2, 0.25) is 5.65 Å². The number of fused-ring (bicyclic) bond motifs is 1. The van der Waals surface area contributed by atoms with Gasteiger partial charge in [0.1, 0.15) is 6.26 Å². The SMILES string of the molecule is CCOc1nccn2c(CNC(=O)c3ccoc3)nnc12. The molecule has 0 saturated carbocycles. The first-order chi connectivity index (χ1) is 10.3. The van der Waals surface area contributed by atoms with E-state index in [9.17, 15) is 4.79 Å². The number of hydrogen-bond donors (Lipinski definition) is 1. The number of ether oxygens (including phenoxy) is 1. The van der Waals surface area contributed by atoms with E-state index in [2.05, 4.69) is 20.5 Å². The molecule has 3 rings (SSSR count). The number of amides is 1. The molecule has 3 aromatic heterocycles. The van der Waals surface area contributed by atoms with Gasteiger partial charge in [0.25, 0.3) is 11.8 Å². The van der Waals surface area contributed by atoms with E-state index in [4.69, 9.17) is 9.15 Å². The molecule has 0 atom stereocenters. The van der Waals surface area contributed by atoms with Crippen LogP contribution in [-0.2, 0) is 6.54 Å². The number of aromatic nitrogens is 4. The Bertz CT molecular complexity index is 750. The summed E-state index contributed by atoms with van der Waals surface area (Å²) in [6, 6.07) is 1.59. The largest absolute Gasteiger partial charge is 0.475 e. The summed E-state index contributed by atoms with van der Waals surface area (Å²) in [5.41, 5.74) is 0.979. The van der Waals surface area contributed by atoms with Crippen LogP contribution < -0.4 is 10.1 Å². The summed E-state index contributed by atoms with van der Waals surface area (Å²) in [5.74, 6) is 0.768. The average Bonchev–Trinajstić information content (AvgIpc) is 3.15. The molecule has 0 fully saturated rings. The van der Waals surface area contributed by atoms with Crippen molar-refractivity contribution in [2.45, 2.75) is 13.5 Å². The molecule has 1 amide bonds. The van der Waals surface area contributed by atoms with Gasteiger partial charge < -0.3 is 14.5 Å². The lowest BCUT2D eigenvalue weighted by atomic mass is 10.3. The summed E-state index contributed by atoms with van der Waals surface area (Å²) in [4.78, 5) is 15.9. The van der Waals surface area contributed by atoms with Crippen LogP contribution in [0, 0.1) is 0 Å². The molecule has 3 aromatic rings. The predicted octanol–water partition coefficient (Wildman–Crippen LogP) is 1.05. The molecule has 1 N–H and O–H groups in total. The number of carbonyl (C=O) groups excluding carboxylic acids is 1. The molecule has 108 valence electrons. The van der Waals surface area contributed by atoms with Crippen LogP contribution in [0.1, 0.15) is 23.1 Å². The monoisotopic (exact) mass is 287 g/mol. The summed E-state index contributed by atoms with van der Waals surface area (Å²) < 4.78 is 12.0. The van der Waals surface area contributed by atoms with Crippen LogP contribution in [0.5, 0.6) is 5.88 Å². The van der Waals surface area contributed by atoms with Crippen molar-refractivity contribution in [3.8, 4) is 5.88 Å². The van der Waals surface area contributed by atoms with Crippen molar-refractivity contribution in [2.75, 3.05) is 6.61 Å². The molecule has 0 spiro atoms. The van der Waals surface area contributed by atoms with Crippen LogP contribution in [0.4, 0.5) is 0 Å². The Morgan fingerprint density at radius 1 is 1.48 bits per heavy atom. The van der Waals surface area contributed by atoms with Gasteiger partial charge >= 0.3 is 0 Å². The minimum atomic E-state index is -0.236. The Kier molecular flexibility index (Phi) is 3.50. The minimum absolute atomic E-state index is 0.236. The van der Waals surface area contributed by atoms with Crippen LogP contribution in [-0.4, -0.2) is 32.1 Å². The number of nitrogens with zero attached hydrogens (tertiary/aromatic N) is 4. The maximum absolute atomic E-state index is 11.8. The van der Waals surface area contributed by atoms with Crippen molar-refractivity contribution in [1.82, 2.24) is 24.9 Å². The van der Waals surface area contributed by atoms with Gasteiger partial charge in [-0.15, -0.1) is 10.2 Å². The van der Waals surface area contributed by atoms with E-state index in [1.54, 1.807) is 22.9 Å². The highest BCUT2D eigenvalue weighted by Gasteiger charge is 2.13. The first kappa shape index (κ1) is 13.1. The second-order valence-corrected chi connectivity index (χ2v) is 4.17. The van der Waals surface area contributed by atoms with Crippen LogP contribution in [0.3, 0.4) is 0 Å².